The number of anilines is 1. The molecule has 0 amide bonds. The summed E-state index contributed by atoms with van der Waals surface area (Å²) in [6, 6.07) is 9.55. The van der Waals surface area contributed by atoms with Gasteiger partial charge in [0, 0.05) is 18.8 Å². The second kappa shape index (κ2) is 17.9. The van der Waals surface area contributed by atoms with Crippen LogP contribution in [-0.2, 0) is 43.4 Å². The quantitative estimate of drug-likeness (QED) is 0.118. The Bertz CT molecular complexity index is 1530. The van der Waals surface area contributed by atoms with E-state index in [1.165, 1.54) is 0 Å². The molecule has 1 aromatic carbocycles. The summed E-state index contributed by atoms with van der Waals surface area (Å²) in [7, 11) is -9.06. The molecule has 0 radical (unpaired) electrons. The van der Waals surface area contributed by atoms with Crippen LogP contribution >= 0.6 is 11.3 Å². The van der Waals surface area contributed by atoms with Crippen LogP contribution in [0, 0.1) is 36.5 Å². The lowest BCUT2D eigenvalue weighted by molar-refractivity contribution is 0.0374. The lowest BCUT2D eigenvalue weighted by atomic mass is 10.1. The molecule has 2 N–H and O–H groups in total. The van der Waals surface area contributed by atoms with E-state index in [1.54, 1.807) is 13.0 Å². The first-order chi connectivity index (χ1) is 20.3. The topological polar surface area (TPSA) is 230 Å². The maximum Gasteiger partial charge on any atom is 0.397 e. The third-order valence-corrected chi connectivity index (χ3v) is 7.45. The highest BCUT2D eigenvalue weighted by molar-refractivity contribution is 7.81. The Morgan fingerprint density at radius 2 is 1.35 bits per heavy atom. The van der Waals surface area contributed by atoms with E-state index in [9.17, 15) is 27.4 Å². The Kier molecular flexibility index (Phi) is 15.0. The zero-order valence-electron chi connectivity index (χ0n) is 23.3. The molecule has 43 heavy (non-hydrogen) atoms. The fourth-order valence-electron chi connectivity index (χ4n) is 3.39. The van der Waals surface area contributed by atoms with Gasteiger partial charge >= 0.3 is 20.8 Å². The van der Waals surface area contributed by atoms with Crippen molar-refractivity contribution in [3.63, 3.8) is 0 Å². The van der Waals surface area contributed by atoms with Crippen LogP contribution in [0.25, 0.3) is 0 Å². The van der Waals surface area contributed by atoms with Crippen molar-refractivity contribution < 1.29 is 48.5 Å². The number of nitriles is 2. The number of benzene rings is 1. The first kappa shape index (κ1) is 36.1. The molecular weight excluding hydrogens is 630 g/mol. The molecule has 0 bridgehead atoms. The second-order valence-corrected chi connectivity index (χ2v) is 11.6. The Morgan fingerprint density at radius 3 is 1.84 bits per heavy atom. The van der Waals surface area contributed by atoms with Crippen LogP contribution < -0.4 is 4.90 Å². The van der Waals surface area contributed by atoms with Gasteiger partial charge in [-0.2, -0.15) is 27.4 Å². The number of ether oxygens (including phenoxy) is 3. The molecule has 0 saturated heterocycles. The number of thiophene rings is 1. The zero-order chi connectivity index (χ0) is 31.9. The smallest absolute Gasteiger partial charge is 0.377 e. The van der Waals surface area contributed by atoms with Crippen molar-refractivity contribution in [1.82, 2.24) is 0 Å². The van der Waals surface area contributed by atoms with Crippen molar-refractivity contribution in [2.45, 2.75) is 13.8 Å². The van der Waals surface area contributed by atoms with Gasteiger partial charge in [-0.25, -0.2) is 8.37 Å². The van der Waals surface area contributed by atoms with E-state index in [0.717, 1.165) is 22.6 Å². The Labute approximate surface area is 253 Å². The summed E-state index contributed by atoms with van der Waals surface area (Å²) < 4.78 is 84.0. The molecule has 0 spiro atoms. The Morgan fingerprint density at radius 1 is 0.814 bits per heavy atom. The van der Waals surface area contributed by atoms with Gasteiger partial charge in [-0.05, 0) is 43.2 Å². The normalized spacial score (nSPS) is 12.0. The van der Waals surface area contributed by atoms with E-state index in [2.05, 4.69) is 24.7 Å². The fourth-order valence-corrected chi connectivity index (χ4v) is 4.83. The van der Waals surface area contributed by atoms with Gasteiger partial charge in [-0.1, -0.05) is 0 Å². The van der Waals surface area contributed by atoms with Gasteiger partial charge in [0.05, 0.1) is 64.1 Å². The predicted molar refractivity (Wildman–Crippen MR) is 154 cm³/mol. The molecular formula is C24H31N5O11S3. The van der Waals surface area contributed by atoms with Crippen molar-refractivity contribution in [3.05, 3.63) is 39.8 Å². The molecule has 236 valence electrons. The summed E-state index contributed by atoms with van der Waals surface area (Å²) in [5.74, 6) is 0. The van der Waals surface area contributed by atoms with Crippen LogP contribution in [0.5, 0.6) is 0 Å². The second-order valence-electron chi connectivity index (χ2n) is 8.45. The minimum absolute atomic E-state index is 0.0553. The summed E-state index contributed by atoms with van der Waals surface area (Å²) in [6.07, 6.45) is 0. The lowest BCUT2D eigenvalue weighted by Gasteiger charge is -2.25. The molecule has 0 fully saturated rings. The summed E-state index contributed by atoms with van der Waals surface area (Å²) in [5.41, 5.74) is 3.01. The first-order valence-corrected chi connectivity index (χ1v) is 16.1. The lowest BCUT2D eigenvalue weighted by Crippen LogP contribution is -2.31. The summed E-state index contributed by atoms with van der Waals surface area (Å²) in [6.45, 7) is 4.39. The summed E-state index contributed by atoms with van der Waals surface area (Å²) in [5, 5.41) is 27.5. The van der Waals surface area contributed by atoms with Crippen LogP contribution in [0.1, 0.15) is 21.6 Å². The first-order valence-electron chi connectivity index (χ1n) is 12.5. The molecule has 0 unspecified atom stereocenters. The van der Waals surface area contributed by atoms with Crippen LogP contribution in [0.15, 0.2) is 28.4 Å². The standard InChI is InChI=1S/C24H31N5O11S3/c1-18-15-20(3-4-22(18)27-28-24-21(16-25)19(2)23(17-26)41-24)29(6-8-37-11-13-39-42(30,31)32)5-7-36-9-10-38-12-14-40-43(33,34)35/h3-4,15H,5-14H2,1-2H3,(H,30,31,32)(H,33,34,35). The van der Waals surface area contributed by atoms with Crippen LogP contribution in [0.4, 0.5) is 16.4 Å². The molecule has 1 heterocycles. The van der Waals surface area contributed by atoms with Gasteiger partial charge in [0.15, 0.2) is 5.00 Å². The van der Waals surface area contributed by atoms with Gasteiger partial charge < -0.3 is 19.1 Å². The molecule has 2 rings (SSSR count). The average molecular weight is 662 g/mol. The molecule has 16 nitrogen and oxygen atoms in total. The molecule has 0 saturated carbocycles. The maximum absolute atomic E-state index is 10.7. The van der Waals surface area contributed by atoms with Gasteiger partial charge in [0.25, 0.3) is 0 Å². The maximum atomic E-state index is 10.7. The number of aryl methyl sites for hydroxylation is 1. The zero-order valence-corrected chi connectivity index (χ0v) is 25.8. The monoisotopic (exact) mass is 661 g/mol. The third kappa shape index (κ3) is 13.8. The minimum Gasteiger partial charge on any atom is -0.377 e. The van der Waals surface area contributed by atoms with E-state index >= 15 is 0 Å². The highest BCUT2D eigenvalue weighted by Gasteiger charge is 2.15. The van der Waals surface area contributed by atoms with Crippen molar-refractivity contribution >= 4 is 48.5 Å². The predicted octanol–water partition coefficient (Wildman–Crippen LogP) is 3.02. The molecule has 1 aromatic heterocycles. The SMILES string of the molecule is Cc1cc(N(CCOCCOCCOS(=O)(=O)O)CCOCCOS(=O)(=O)O)ccc1N=Nc1sc(C#N)c(C)c1C#N. The van der Waals surface area contributed by atoms with Gasteiger partial charge in [-0.15, -0.1) is 21.6 Å². The Balaban J connectivity index is 2.00. The minimum atomic E-state index is -4.55. The van der Waals surface area contributed by atoms with Crippen molar-refractivity contribution in [2.24, 2.45) is 10.2 Å². The molecule has 19 heteroatoms. The van der Waals surface area contributed by atoms with E-state index in [4.69, 9.17) is 23.3 Å². The number of azo groups is 1. The number of hydrogen-bond acceptors (Lipinski definition) is 15. The van der Waals surface area contributed by atoms with Crippen LogP contribution in [0.2, 0.25) is 0 Å². The van der Waals surface area contributed by atoms with E-state index < -0.39 is 20.8 Å². The number of rotatable bonds is 20. The van der Waals surface area contributed by atoms with Crippen molar-refractivity contribution in [2.75, 3.05) is 70.8 Å². The van der Waals surface area contributed by atoms with Crippen LogP contribution in [0.3, 0.4) is 0 Å². The number of nitrogens with zero attached hydrogens (tertiary/aromatic N) is 5. The largest absolute Gasteiger partial charge is 0.397 e. The molecule has 0 atom stereocenters. The number of hydrogen-bond donors (Lipinski definition) is 2. The van der Waals surface area contributed by atoms with E-state index in [-0.39, 0.29) is 52.9 Å². The average Bonchev–Trinajstić information content (AvgIpc) is 3.24. The Hall–Kier alpha value is -3.08. The van der Waals surface area contributed by atoms with E-state index in [0.29, 0.717) is 39.8 Å². The summed E-state index contributed by atoms with van der Waals surface area (Å²) >= 11 is 1.09. The molecule has 2 aromatic rings. The van der Waals surface area contributed by atoms with Crippen molar-refractivity contribution in [3.8, 4) is 12.1 Å². The van der Waals surface area contributed by atoms with Gasteiger partial charge in [-0.3, -0.25) is 9.11 Å². The fraction of sp³-hybridized carbons (Fsp3) is 0.500. The molecule has 0 aliphatic carbocycles. The molecule has 0 aliphatic heterocycles. The third-order valence-electron chi connectivity index (χ3n) is 5.44. The van der Waals surface area contributed by atoms with Crippen LogP contribution in [-0.4, -0.2) is 91.9 Å². The highest BCUT2D eigenvalue weighted by Crippen LogP contribution is 2.36. The van der Waals surface area contributed by atoms with Gasteiger partial charge in [0.2, 0.25) is 0 Å². The van der Waals surface area contributed by atoms with Gasteiger partial charge in [0.1, 0.15) is 17.0 Å². The highest BCUT2D eigenvalue weighted by atomic mass is 32.3. The summed E-state index contributed by atoms with van der Waals surface area (Å²) in [4.78, 5) is 2.36. The molecule has 0 aliphatic rings. The van der Waals surface area contributed by atoms with Crippen molar-refractivity contribution in [1.29, 1.82) is 10.5 Å². The van der Waals surface area contributed by atoms with E-state index in [1.807, 2.05) is 30.0 Å².